The van der Waals surface area contributed by atoms with Crippen LogP contribution >= 0.6 is 34.3 Å². The zero-order valence-corrected chi connectivity index (χ0v) is 16.1. The maximum absolute atomic E-state index is 9.55. The van der Waals surface area contributed by atoms with Crippen LogP contribution in [0.4, 0.5) is 0 Å². The predicted octanol–water partition coefficient (Wildman–Crippen LogP) is 5.64. The van der Waals surface area contributed by atoms with Crippen molar-refractivity contribution in [1.29, 1.82) is 0 Å². The molecule has 24 heavy (non-hydrogen) atoms. The average molecular weight is 397 g/mol. The summed E-state index contributed by atoms with van der Waals surface area (Å²) in [4.78, 5) is 0. The molecule has 0 unspecified atom stereocenters. The standard InChI is InChI=1S/2C8H6S.C2H5ClO2S/c2*1-2-4-8-7(3-1)5-6-9-8;3-1-2-6(4)5/h2*1-6H;6H,1-2H2. The summed E-state index contributed by atoms with van der Waals surface area (Å²) in [6.07, 6.45) is 0. The summed E-state index contributed by atoms with van der Waals surface area (Å²) >= 11 is 8.59. The molecule has 2 aromatic heterocycles. The fourth-order valence-corrected chi connectivity index (χ4v) is 4.01. The molecule has 2 heterocycles. The molecule has 2 aromatic carbocycles. The summed E-state index contributed by atoms with van der Waals surface area (Å²) < 4.78 is 21.8. The quantitative estimate of drug-likeness (QED) is 0.351. The Balaban J connectivity index is 0.000000134. The molecule has 0 aliphatic carbocycles. The smallest absolute Gasteiger partial charge is 0.141 e. The van der Waals surface area contributed by atoms with Crippen molar-refractivity contribution >= 4 is 65.2 Å². The second kappa shape index (κ2) is 10.5. The fourth-order valence-electron chi connectivity index (χ4n) is 1.88. The van der Waals surface area contributed by atoms with Gasteiger partial charge in [0.2, 0.25) is 0 Å². The largest absolute Gasteiger partial charge is 0.232 e. The molecule has 0 radical (unpaired) electrons. The molecule has 0 aliphatic heterocycles. The van der Waals surface area contributed by atoms with Crippen molar-refractivity contribution in [2.45, 2.75) is 0 Å². The molecule has 0 amide bonds. The van der Waals surface area contributed by atoms with Crippen LogP contribution in [0.25, 0.3) is 20.2 Å². The number of thiol groups is 1. The lowest BCUT2D eigenvalue weighted by atomic mass is 10.3. The van der Waals surface area contributed by atoms with Crippen LogP contribution < -0.4 is 0 Å². The molecule has 0 fully saturated rings. The minimum absolute atomic E-state index is 0.0941. The maximum atomic E-state index is 9.55. The molecule has 4 rings (SSSR count). The second-order valence-electron chi connectivity index (χ2n) is 4.66. The Kier molecular flexibility index (Phi) is 8.25. The first-order valence-corrected chi connectivity index (χ1v) is 10.9. The number of thiophene rings is 2. The predicted molar refractivity (Wildman–Crippen MR) is 110 cm³/mol. The number of hydrogen-bond donors (Lipinski definition) is 1. The van der Waals surface area contributed by atoms with Gasteiger partial charge in [-0.3, -0.25) is 0 Å². The van der Waals surface area contributed by atoms with Gasteiger partial charge in [-0.2, -0.15) is 0 Å². The summed E-state index contributed by atoms with van der Waals surface area (Å²) in [5.74, 6) is 0.301. The van der Waals surface area contributed by atoms with Crippen molar-refractivity contribution in [2.24, 2.45) is 0 Å². The monoisotopic (exact) mass is 396 g/mol. The number of rotatable bonds is 2. The van der Waals surface area contributed by atoms with Crippen LogP contribution in [0.2, 0.25) is 0 Å². The molecule has 6 heteroatoms. The summed E-state index contributed by atoms with van der Waals surface area (Å²) in [5, 5.41) is 6.93. The normalized spacial score (nSPS) is 10.1. The number of fused-ring (bicyclic) bond motifs is 2. The third-order valence-corrected chi connectivity index (χ3v) is 5.83. The Bertz CT molecular complexity index is 807. The summed E-state index contributed by atoms with van der Waals surface area (Å²) in [7, 11) is -2.23. The number of hydrogen-bond acceptors (Lipinski definition) is 4. The van der Waals surface area contributed by atoms with E-state index < -0.39 is 10.7 Å². The van der Waals surface area contributed by atoms with E-state index >= 15 is 0 Å². The maximum Gasteiger partial charge on any atom is 0.141 e. The number of benzene rings is 2. The third-order valence-electron chi connectivity index (χ3n) is 2.99. The second-order valence-corrected chi connectivity index (χ2v) is 8.05. The van der Waals surface area contributed by atoms with Gasteiger partial charge in [0.05, 0.1) is 5.75 Å². The van der Waals surface area contributed by atoms with Gasteiger partial charge in [0, 0.05) is 15.3 Å². The van der Waals surface area contributed by atoms with Crippen LogP contribution in [-0.2, 0) is 10.7 Å². The first-order valence-electron chi connectivity index (χ1n) is 7.23. The van der Waals surface area contributed by atoms with Crippen LogP contribution in [0.15, 0.2) is 71.4 Å². The molecule has 0 spiro atoms. The van der Waals surface area contributed by atoms with Gasteiger partial charge in [-0.05, 0) is 45.8 Å². The zero-order chi connectivity index (χ0) is 17.2. The van der Waals surface area contributed by atoms with E-state index in [1.807, 2.05) is 0 Å². The Labute approximate surface area is 156 Å². The van der Waals surface area contributed by atoms with E-state index in [1.54, 1.807) is 22.7 Å². The van der Waals surface area contributed by atoms with Gasteiger partial charge in [-0.1, -0.05) is 36.4 Å². The molecule has 4 aromatic rings. The molecule has 2 nitrogen and oxygen atoms in total. The van der Waals surface area contributed by atoms with E-state index in [0.717, 1.165) is 0 Å². The van der Waals surface area contributed by atoms with E-state index in [1.165, 1.54) is 20.2 Å². The first kappa shape index (κ1) is 18.9. The van der Waals surface area contributed by atoms with Gasteiger partial charge in [-0.15, -0.1) is 34.3 Å². The molecule has 0 bridgehead atoms. The van der Waals surface area contributed by atoms with Crippen LogP contribution in [0.5, 0.6) is 0 Å². The highest BCUT2D eigenvalue weighted by Gasteiger charge is 1.88. The van der Waals surface area contributed by atoms with Crippen LogP contribution in [0.1, 0.15) is 0 Å². The Morgan fingerprint density at radius 3 is 1.54 bits per heavy atom. The summed E-state index contributed by atoms with van der Waals surface area (Å²) in [5.41, 5.74) is 0. The lowest BCUT2D eigenvalue weighted by Crippen LogP contribution is -1.85. The highest BCUT2D eigenvalue weighted by Crippen LogP contribution is 2.19. The van der Waals surface area contributed by atoms with Gasteiger partial charge >= 0.3 is 0 Å². The SMILES string of the molecule is O=[SH](=O)CCCl.c1ccc2sccc2c1.c1ccc2sccc2c1. The molecule has 126 valence electrons. The Hall–Kier alpha value is -1.40. The van der Waals surface area contributed by atoms with E-state index in [-0.39, 0.29) is 11.6 Å². The van der Waals surface area contributed by atoms with Crippen molar-refractivity contribution in [3.63, 3.8) is 0 Å². The van der Waals surface area contributed by atoms with Gasteiger partial charge in [0.25, 0.3) is 0 Å². The van der Waals surface area contributed by atoms with Gasteiger partial charge in [0.1, 0.15) is 10.7 Å². The Morgan fingerprint density at radius 1 is 0.750 bits per heavy atom. The van der Waals surface area contributed by atoms with Crippen LogP contribution in [-0.4, -0.2) is 20.1 Å². The van der Waals surface area contributed by atoms with E-state index in [4.69, 9.17) is 11.6 Å². The van der Waals surface area contributed by atoms with E-state index in [9.17, 15) is 8.42 Å². The van der Waals surface area contributed by atoms with Crippen molar-refractivity contribution < 1.29 is 8.42 Å². The lowest BCUT2D eigenvalue weighted by molar-refractivity contribution is 0.616. The number of halogens is 1. The van der Waals surface area contributed by atoms with E-state index in [2.05, 4.69) is 71.4 Å². The van der Waals surface area contributed by atoms with Crippen LogP contribution in [0.3, 0.4) is 0 Å². The molecule has 0 atom stereocenters. The molecule has 0 aliphatic rings. The molecule has 0 N–H and O–H groups in total. The molecular formula is C18H17ClO2S3. The minimum Gasteiger partial charge on any atom is -0.232 e. The van der Waals surface area contributed by atoms with Crippen molar-refractivity contribution in [3.8, 4) is 0 Å². The molecule has 0 saturated carbocycles. The molecule has 0 saturated heterocycles. The molecular weight excluding hydrogens is 380 g/mol. The Morgan fingerprint density at radius 2 is 1.21 bits per heavy atom. The van der Waals surface area contributed by atoms with Gasteiger partial charge in [-0.25, -0.2) is 8.42 Å². The van der Waals surface area contributed by atoms with Gasteiger partial charge in [0.15, 0.2) is 0 Å². The minimum atomic E-state index is -2.23. The van der Waals surface area contributed by atoms with E-state index in [0.29, 0.717) is 0 Å². The van der Waals surface area contributed by atoms with Crippen molar-refractivity contribution in [3.05, 3.63) is 71.4 Å². The highest BCUT2D eigenvalue weighted by molar-refractivity contribution is 7.72. The average Bonchev–Trinajstić information content (AvgIpc) is 3.25. The third kappa shape index (κ3) is 6.24. The van der Waals surface area contributed by atoms with Crippen molar-refractivity contribution in [1.82, 2.24) is 0 Å². The van der Waals surface area contributed by atoms with Gasteiger partial charge < -0.3 is 0 Å². The van der Waals surface area contributed by atoms with Crippen molar-refractivity contribution in [2.75, 3.05) is 11.6 Å². The zero-order valence-electron chi connectivity index (χ0n) is 12.8. The summed E-state index contributed by atoms with van der Waals surface area (Å²) in [6.45, 7) is 0. The fraction of sp³-hybridized carbons (Fsp3) is 0.111. The van der Waals surface area contributed by atoms with Crippen LogP contribution in [0, 0.1) is 0 Å². The lowest BCUT2D eigenvalue weighted by Gasteiger charge is -1.82. The highest BCUT2D eigenvalue weighted by atomic mass is 35.5. The topological polar surface area (TPSA) is 34.1 Å². The summed E-state index contributed by atoms with van der Waals surface area (Å²) in [6, 6.07) is 21.1. The first-order chi connectivity index (χ1) is 11.7. The number of alkyl halides is 1.